The lowest BCUT2D eigenvalue weighted by Gasteiger charge is -2.23. The molecule has 116 valence electrons. The molecule has 1 aliphatic rings. The molecular formula is C15H15F2N3O2. The predicted octanol–water partition coefficient (Wildman–Crippen LogP) is 2.95. The van der Waals surface area contributed by atoms with E-state index in [1.54, 1.807) is 17.2 Å². The van der Waals surface area contributed by atoms with Crippen LogP contribution < -0.4 is 4.90 Å². The number of rotatable bonds is 2. The molecule has 0 spiro atoms. The van der Waals surface area contributed by atoms with Crippen LogP contribution in [0.1, 0.15) is 29.6 Å². The number of alkyl halides is 2. The number of fused-ring (bicyclic) bond motifs is 1. The molecular weight excluding hydrogens is 292 g/mol. The maximum Gasteiger partial charge on any atom is 0.339 e. The second-order valence-electron chi connectivity index (χ2n) is 5.43. The molecule has 0 aromatic carbocycles. The maximum absolute atomic E-state index is 13.5. The molecule has 2 aromatic rings. The molecule has 0 atom stereocenters. The topological polar surface area (TPSA) is 66.3 Å². The highest BCUT2D eigenvalue weighted by Crippen LogP contribution is 2.31. The number of hydrogen-bond donors (Lipinski definition) is 1. The molecule has 3 rings (SSSR count). The van der Waals surface area contributed by atoms with Gasteiger partial charge in [-0.1, -0.05) is 0 Å². The molecule has 0 aliphatic carbocycles. The van der Waals surface area contributed by atoms with E-state index in [2.05, 4.69) is 9.97 Å². The molecule has 1 saturated heterocycles. The van der Waals surface area contributed by atoms with Crippen LogP contribution in [-0.2, 0) is 0 Å². The second kappa shape index (κ2) is 5.47. The van der Waals surface area contributed by atoms with Crippen LogP contribution in [0.5, 0.6) is 0 Å². The minimum Gasteiger partial charge on any atom is -0.478 e. The van der Waals surface area contributed by atoms with Gasteiger partial charge in [0.2, 0.25) is 5.92 Å². The van der Waals surface area contributed by atoms with E-state index in [1.165, 1.54) is 12.3 Å². The van der Waals surface area contributed by atoms with Crippen LogP contribution in [0, 0.1) is 0 Å². The lowest BCUT2D eigenvalue weighted by molar-refractivity contribution is -0.0102. The minimum atomic E-state index is -2.70. The average molecular weight is 307 g/mol. The van der Waals surface area contributed by atoms with Gasteiger partial charge in [0.15, 0.2) is 0 Å². The van der Waals surface area contributed by atoms with Crippen molar-refractivity contribution < 1.29 is 18.7 Å². The van der Waals surface area contributed by atoms with Gasteiger partial charge >= 0.3 is 5.97 Å². The summed E-state index contributed by atoms with van der Waals surface area (Å²) in [6.45, 7) is 0.469. The van der Waals surface area contributed by atoms with Crippen LogP contribution in [0.25, 0.3) is 10.9 Å². The van der Waals surface area contributed by atoms with Gasteiger partial charge in [-0.25, -0.2) is 18.6 Å². The van der Waals surface area contributed by atoms with E-state index in [-0.39, 0.29) is 30.8 Å². The summed E-state index contributed by atoms with van der Waals surface area (Å²) < 4.78 is 27.0. The molecule has 7 heteroatoms. The molecule has 0 bridgehead atoms. The molecule has 0 saturated carbocycles. The smallest absolute Gasteiger partial charge is 0.339 e. The van der Waals surface area contributed by atoms with Gasteiger partial charge in [-0.15, -0.1) is 0 Å². The van der Waals surface area contributed by atoms with E-state index in [0.717, 1.165) is 0 Å². The number of aromatic nitrogens is 2. The second-order valence-corrected chi connectivity index (χ2v) is 5.43. The first-order valence-electron chi connectivity index (χ1n) is 7.07. The Morgan fingerprint density at radius 1 is 1.32 bits per heavy atom. The van der Waals surface area contributed by atoms with Crippen molar-refractivity contribution in [3.63, 3.8) is 0 Å². The number of carboxylic acids is 1. The average Bonchev–Trinajstić information content (AvgIpc) is 2.66. The quantitative estimate of drug-likeness (QED) is 0.924. The minimum absolute atomic E-state index is 0.0192. The Balaban J connectivity index is 2.04. The molecule has 2 aromatic heterocycles. The number of hydrogen-bond acceptors (Lipinski definition) is 4. The van der Waals surface area contributed by atoms with Gasteiger partial charge in [0, 0.05) is 43.7 Å². The lowest BCUT2D eigenvalue weighted by atomic mass is 10.1. The number of pyridine rings is 2. The fourth-order valence-corrected chi connectivity index (χ4v) is 2.68. The molecule has 22 heavy (non-hydrogen) atoms. The van der Waals surface area contributed by atoms with Crippen molar-refractivity contribution >= 4 is 22.7 Å². The molecule has 1 aliphatic heterocycles. The van der Waals surface area contributed by atoms with E-state index in [4.69, 9.17) is 0 Å². The molecule has 5 nitrogen and oxygen atoms in total. The van der Waals surface area contributed by atoms with Crippen molar-refractivity contribution in [2.45, 2.75) is 25.2 Å². The Bertz CT molecular complexity index is 721. The van der Waals surface area contributed by atoms with Crippen LogP contribution in [0.3, 0.4) is 0 Å². The van der Waals surface area contributed by atoms with Gasteiger partial charge in [-0.2, -0.15) is 0 Å². The number of anilines is 1. The van der Waals surface area contributed by atoms with Crippen molar-refractivity contribution in [1.29, 1.82) is 0 Å². The van der Waals surface area contributed by atoms with Crippen LogP contribution in [0.15, 0.2) is 24.5 Å². The number of halogens is 2. The first-order valence-corrected chi connectivity index (χ1v) is 7.07. The Labute approximate surface area is 125 Å². The number of aromatic carboxylic acids is 1. The van der Waals surface area contributed by atoms with E-state index in [0.29, 0.717) is 23.9 Å². The molecule has 3 heterocycles. The maximum atomic E-state index is 13.5. The third-order valence-electron chi connectivity index (χ3n) is 3.84. The van der Waals surface area contributed by atoms with Crippen LogP contribution in [0.2, 0.25) is 0 Å². The zero-order chi connectivity index (χ0) is 15.7. The predicted molar refractivity (Wildman–Crippen MR) is 77.5 cm³/mol. The third kappa shape index (κ3) is 2.84. The fraction of sp³-hybridized carbons (Fsp3) is 0.400. The summed E-state index contributed by atoms with van der Waals surface area (Å²) >= 11 is 0. The van der Waals surface area contributed by atoms with Crippen molar-refractivity contribution in [3.05, 3.63) is 30.1 Å². The lowest BCUT2D eigenvalue weighted by Crippen LogP contribution is -2.28. The first-order chi connectivity index (χ1) is 10.5. The van der Waals surface area contributed by atoms with Crippen LogP contribution >= 0.6 is 0 Å². The van der Waals surface area contributed by atoms with Gasteiger partial charge in [0.05, 0.1) is 5.52 Å². The fourth-order valence-electron chi connectivity index (χ4n) is 2.68. The van der Waals surface area contributed by atoms with E-state index in [1.807, 2.05) is 0 Å². The Kier molecular flexibility index (Phi) is 3.64. The van der Waals surface area contributed by atoms with Crippen molar-refractivity contribution in [1.82, 2.24) is 9.97 Å². The highest BCUT2D eigenvalue weighted by molar-refractivity contribution is 5.98. The number of carbonyl (C=O) groups is 1. The van der Waals surface area contributed by atoms with Gasteiger partial charge in [0.25, 0.3) is 0 Å². The van der Waals surface area contributed by atoms with E-state index in [9.17, 15) is 18.7 Å². The molecule has 0 amide bonds. The summed E-state index contributed by atoms with van der Waals surface area (Å²) in [4.78, 5) is 21.4. The van der Waals surface area contributed by atoms with Crippen LogP contribution in [0.4, 0.5) is 14.6 Å². The summed E-state index contributed by atoms with van der Waals surface area (Å²) in [6, 6.07) is 3.17. The third-order valence-corrected chi connectivity index (χ3v) is 3.84. The normalized spacial score (nSPS) is 18.2. The SMILES string of the molecule is O=C(O)c1cc2cnccc2nc1N1CCCC(F)(F)CC1. The monoisotopic (exact) mass is 307 g/mol. The Morgan fingerprint density at radius 3 is 2.91 bits per heavy atom. The van der Waals surface area contributed by atoms with Crippen molar-refractivity contribution in [2.75, 3.05) is 18.0 Å². The molecule has 1 N–H and O–H groups in total. The molecule has 0 radical (unpaired) electrons. The highest BCUT2D eigenvalue weighted by Gasteiger charge is 2.33. The highest BCUT2D eigenvalue weighted by atomic mass is 19.3. The summed E-state index contributed by atoms with van der Waals surface area (Å²) in [6.07, 6.45) is 2.94. The molecule has 0 unspecified atom stereocenters. The van der Waals surface area contributed by atoms with E-state index >= 15 is 0 Å². The Morgan fingerprint density at radius 2 is 2.14 bits per heavy atom. The summed E-state index contributed by atoms with van der Waals surface area (Å²) in [5, 5.41) is 10.0. The van der Waals surface area contributed by atoms with E-state index < -0.39 is 11.9 Å². The molecule has 1 fully saturated rings. The first kappa shape index (κ1) is 14.6. The van der Waals surface area contributed by atoms with Gasteiger partial charge < -0.3 is 10.0 Å². The number of nitrogens with zero attached hydrogens (tertiary/aromatic N) is 3. The number of carboxylic acid groups (broad SMARTS) is 1. The van der Waals surface area contributed by atoms with Gasteiger partial charge in [-0.05, 0) is 18.6 Å². The summed E-state index contributed by atoms with van der Waals surface area (Å²) in [5.74, 6) is -3.56. The van der Waals surface area contributed by atoms with Gasteiger partial charge in [0.1, 0.15) is 11.4 Å². The zero-order valence-electron chi connectivity index (χ0n) is 11.8. The van der Waals surface area contributed by atoms with Crippen LogP contribution in [-0.4, -0.2) is 40.1 Å². The summed E-state index contributed by atoms with van der Waals surface area (Å²) in [7, 11) is 0. The standard InChI is InChI=1S/C15H15F2N3O2/c16-15(17)3-1-6-20(7-4-15)13-11(14(21)22)8-10-9-18-5-2-12(10)19-13/h2,5,8-9H,1,3-4,6-7H2,(H,21,22). The van der Waals surface area contributed by atoms with Gasteiger partial charge in [-0.3, -0.25) is 4.98 Å². The van der Waals surface area contributed by atoms with Crippen molar-refractivity contribution in [2.24, 2.45) is 0 Å². The largest absolute Gasteiger partial charge is 0.478 e. The van der Waals surface area contributed by atoms with Crippen molar-refractivity contribution in [3.8, 4) is 0 Å². The summed E-state index contributed by atoms with van der Waals surface area (Å²) in [5.41, 5.74) is 0.622. The Hall–Kier alpha value is -2.31. The zero-order valence-corrected chi connectivity index (χ0v) is 11.8.